The van der Waals surface area contributed by atoms with Crippen molar-refractivity contribution in [1.82, 2.24) is 4.31 Å². The number of nitrogens with two attached hydrogens (primary N) is 1. The molecule has 1 aromatic rings. The fourth-order valence-electron chi connectivity index (χ4n) is 2.57. The third kappa shape index (κ3) is 2.86. The summed E-state index contributed by atoms with van der Waals surface area (Å²) >= 11 is 0. The summed E-state index contributed by atoms with van der Waals surface area (Å²) in [4.78, 5) is -0.0575. The Bertz CT molecular complexity index is 595. The predicted octanol–water partition coefficient (Wildman–Crippen LogP) is 2.53. The average Bonchev–Trinajstić information content (AvgIpc) is 2.92. The van der Waals surface area contributed by atoms with E-state index >= 15 is 0 Å². The summed E-state index contributed by atoms with van der Waals surface area (Å²) in [6.07, 6.45) is 5.27. The number of sulfonamides is 1. The number of hydrogen-bond donors (Lipinski definition) is 1. The smallest absolute Gasteiger partial charge is 0.243 e. The van der Waals surface area contributed by atoms with Crippen LogP contribution in [0.3, 0.4) is 0 Å². The van der Waals surface area contributed by atoms with Crippen LogP contribution in [-0.2, 0) is 10.0 Å². The van der Waals surface area contributed by atoms with Gasteiger partial charge in [-0.15, -0.1) is 6.58 Å². The van der Waals surface area contributed by atoms with Crippen LogP contribution in [-0.4, -0.2) is 25.3 Å². The number of nitrogen functional groups attached to an aromatic ring is 1. The highest BCUT2D eigenvalue weighted by atomic mass is 32.2. The highest BCUT2D eigenvalue weighted by Crippen LogP contribution is 2.29. The fourth-order valence-corrected chi connectivity index (χ4v) is 4.23. The van der Waals surface area contributed by atoms with Crippen LogP contribution in [0.1, 0.15) is 25.7 Å². The van der Waals surface area contributed by atoms with Crippen molar-refractivity contribution in [2.75, 3.05) is 12.3 Å². The molecule has 2 rings (SSSR count). The number of benzene rings is 1. The van der Waals surface area contributed by atoms with Crippen LogP contribution in [0.25, 0.3) is 0 Å². The second-order valence-corrected chi connectivity index (χ2v) is 6.88. The summed E-state index contributed by atoms with van der Waals surface area (Å²) < 4.78 is 40.2. The highest BCUT2D eigenvalue weighted by molar-refractivity contribution is 7.89. The second-order valence-electron chi connectivity index (χ2n) is 4.98. The van der Waals surface area contributed by atoms with Gasteiger partial charge in [0, 0.05) is 12.6 Å². The van der Waals surface area contributed by atoms with Crippen molar-refractivity contribution in [2.45, 2.75) is 36.6 Å². The summed E-state index contributed by atoms with van der Waals surface area (Å²) in [5, 5.41) is 0. The van der Waals surface area contributed by atoms with Gasteiger partial charge in [-0.2, -0.15) is 4.31 Å². The molecular weight excluding hydrogens is 279 g/mol. The summed E-state index contributed by atoms with van der Waals surface area (Å²) in [5.41, 5.74) is 5.33. The van der Waals surface area contributed by atoms with Gasteiger partial charge in [0.2, 0.25) is 10.0 Å². The zero-order valence-electron chi connectivity index (χ0n) is 11.3. The van der Waals surface area contributed by atoms with E-state index in [0.29, 0.717) is 0 Å². The largest absolute Gasteiger partial charge is 0.396 e. The number of halogens is 1. The highest BCUT2D eigenvalue weighted by Gasteiger charge is 2.32. The number of anilines is 1. The molecule has 0 saturated heterocycles. The Balaban J connectivity index is 2.38. The van der Waals surface area contributed by atoms with Crippen LogP contribution in [0.4, 0.5) is 10.1 Å². The Labute approximate surface area is 119 Å². The molecule has 0 amide bonds. The lowest BCUT2D eigenvalue weighted by Crippen LogP contribution is -2.38. The molecule has 0 atom stereocenters. The SMILES string of the molecule is C=CCN(C1CCCC1)S(=O)(=O)c1ccc(N)c(F)c1. The molecule has 1 aromatic carbocycles. The maximum atomic E-state index is 13.5. The molecule has 0 bridgehead atoms. The van der Waals surface area contributed by atoms with E-state index in [-0.39, 0.29) is 23.2 Å². The minimum absolute atomic E-state index is 0.0291. The van der Waals surface area contributed by atoms with Crippen molar-refractivity contribution in [3.8, 4) is 0 Å². The molecule has 2 N–H and O–H groups in total. The first-order valence-corrected chi connectivity index (χ1v) is 8.08. The van der Waals surface area contributed by atoms with Gasteiger partial charge >= 0.3 is 0 Å². The van der Waals surface area contributed by atoms with Gasteiger partial charge in [-0.3, -0.25) is 0 Å². The first-order valence-electron chi connectivity index (χ1n) is 6.64. The molecule has 20 heavy (non-hydrogen) atoms. The van der Waals surface area contributed by atoms with Crippen molar-refractivity contribution in [3.63, 3.8) is 0 Å². The molecule has 4 nitrogen and oxygen atoms in total. The molecule has 0 spiro atoms. The van der Waals surface area contributed by atoms with Gasteiger partial charge < -0.3 is 5.73 Å². The van der Waals surface area contributed by atoms with Crippen LogP contribution in [0.5, 0.6) is 0 Å². The second kappa shape index (κ2) is 5.93. The molecule has 0 unspecified atom stereocenters. The zero-order valence-corrected chi connectivity index (χ0v) is 12.1. The Morgan fingerprint density at radius 1 is 1.40 bits per heavy atom. The minimum Gasteiger partial charge on any atom is -0.396 e. The van der Waals surface area contributed by atoms with Gasteiger partial charge in [0.25, 0.3) is 0 Å². The lowest BCUT2D eigenvalue weighted by atomic mass is 10.2. The first kappa shape index (κ1) is 15.0. The molecule has 0 radical (unpaired) electrons. The van der Waals surface area contributed by atoms with Gasteiger partial charge in [-0.05, 0) is 31.0 Å². The van der Waals surface area contributed by atoms with E-state index in [1.165, 1.54) is 16.4 Å². The molecule has 0 aliphatic heterocycles. The zero-order chi connectivity index (χ0) is 14.8. The van der Waals surface area contributed by atoms with Crippen molar-refractivity contribution in [1.29, 1.82) is 0 Å². The van der Waals surface area contributed by atoms with Gasteiger partial charge in [0.05, 0.1) is 10.6 Å². The standard InChI is InChI=1S/C14H19FN2O2S/c1-2-9-17(11-5-3-4-6-11)20(18,19)12-7-8-14(16)13(15)10-12/h2,7-8,10-11H,1,3-6,9,16H2. The van der Waals surface area contributed by atoms with Crippen LogP contribution < -0.4 is 5.73 Å². The van der Waals surface area contributed by atoms with Gasteiger partial charge in [0.15, 0.2) is 0 Å². The lowest BCUT2D eigenvalue weighted by molar-refractivity contribution is 0.347. The van der Waals surface area contributed by atoms with Crippen LogP contribution >= 0.6 is 0 Å². The monoisotopic (exact) mass is 298 g/mol. The Morgan fingerprint density at radius 2 is 2.05 bits per heavy atom. The predicted molar refractivity (Wildman–Crippen MR) is 77.2 cm³/mol. The Kier molecular flexibility index (Phi) is 4.45. The Morgan fingerprint density at radius 3 is 2.60 bits per heavy atom. The maximum absolute atomic E-state index is 13.5. The van der Waals surface area contributed by atoms with Crippen LogP contribution in [0.15, 0.2) is 35.7 Å². The molecule has 6 heteroatoms. The molecule has 1 aliphatic carbocycles. The van der Waals surface area contributed by atoms with Crippen molar-refractivity contribution >= 4 is 15.7 Å². The summed E-state index contributed by atoms with van der Waals surface area (Å²) in [6, 6.07) is 3.58. The molecule has 1 saturated carbocycles. The van der Waals surface area contributed by atoms with Gasteiger partial charge in [-0.25, -0.2) is 12.8 Å². The van der Waals surface area contributed by atoms with E-state index in [1.807, 2.05) is 0 Å². The molecule has 0 aromatic heterocycles. The molecular formula is C14H19FN2O2S. The summed E-state index contributed by atoms with van der Waals surface area (Å²) in [5.74, 6) is -0.712. The minimum atomic E-state index is -3.72. The van der Waals surface area contributed by atoms with Crippen LogP contribution in [0.2, 0.25) is 0 Å². The Hall–Kier alpha value is -1.40. The van der Waals surface area contributed by atoms with Gasteiger partial charge in [0.1, 0.15) is 5.82 Å². The van der Waals surface area contributed by atoms with E-state index in [1.54, 1.807) is 6.08 Å². The van der Waals surface area contributed by atoms with Crippen molar-refractivity contribution < 1.29 is 12.8 Å². The average molecular weight is 298 g/mol. The summed E-state index contributed by atoms with van der Waals surface area (Å²) in [7, 11) is -3.72. The lowest BCUT2D eigenvalue weighted by Gasteiger charge is -2.27. The maximum Gasteiger partial charge on any atom is 0.243 e. The molecule has 0 heterocycles. The van der Waals surface area contributed by atoms with E-state index < -0.39 is 15.8 Å². The molecule has 1 fully saturated rings. The van der Waals surface area contributed by atoms with E-state index in [2.05, 4.69) is 6.58 Å². The quantitative estimate of drug-likeness (QED) is 0.671. The molecule has 1 aliphatic rings. The summed E-state index contributed by atoms with van der Waals surface area (Å²) in [6.45, 7) is 3.85. The number of nitrogens with zero attached hydrogens (tertiary/aromatic N) is 1. The fraction of sp³-hybridized carbons (Fsp3) is 0.429. The van der Waals surface area contributed by atoms with E-state index in [4.69, 9.17) is 5.73 Å². The van der Waals surface area contributed by atoms with Crippen molar-refractivity contribution in [2.24, 2.45) is 0 Å². The van der Waals surface area contributed by atoms with Gasteiger partial charge in [-0.1, -0.05) is 18.9 Å². The van der Waals surface area contributed by atoms with E-state index in [0.717, 1.165) is 31.7 Å². The topological polar surface area (TPSA) is 63.4 Å². The number of hydrogen-bond acceptors (Lipinski definition) is 3. The van der Waals surface area contributed by atoms with Crippen LogP contribution in [0, 0.1) is 5.82 Å². The number of rotatable bonds is 5. The first-order chi connectivity index (χ1) is 9.46. The van der Waals surface area contributed by atoms with Crippen molar-refractivity contribution in [3.05, 3.63) is 36.7 Å². The third-order valence-corrected chi connectivity index (χ3v) is 5.53. The molecule has 110 valence electrons. The third-order valence-electron chi connectivity index (χ3n) is 3.62. The normalized spacial score (nSPS) is 16.7. The van der Waals surface area contributed by atoms with E-state index in [9.17, 15) is 12.8 Å².